The smallest absolute Gasteiger partial charge is 0.227 e. The summed E-state index contributed by atoms with van der Waals surface area (Å²) in [5.74, 6) is 1.58. The highest BCUT2D eigenvalue weighted by Gasteiger charge is 2.22. The van der Waals surface area contributed by atoms with E-state index in [1.165, 1.54) is 0 Å². The van der Waals surface area contributed by atoms with E-state index in [2.05, 4.69) is 25.4 Å². The summed E-state index contributed by atoms with van der Waals surface area (Å²) in [6.07, 6.45) is 3.77. The summed E-state index contributed by atoms with van der Waals surface area (Å²) in [4.78, 5) is 20.6. The molecule has 29 heavy (non-hydrogen) atoms. The molecule has 7 nitrogen and oxygen atoms in total. The number of amides is 1. The Kier molecular flexibility index (Phi) is 5.86. The molecule has 1 fully saturated rings. The van der Waals surface area contributed by atoms with Crippen molar-refractivity contribution in [3.8, 4) is 0 Å². The molecule has 0 aliphatic carbocycles. The van der Waals surface area contributed by atoms with Crippen LogP contribution in [0, 0.1) is 0 Å². The topological polar surface area (TPSA) is 74.2 Å². The molecular formula is C21H21ClN6O. The average molecular weight is 409 g/mol. The van der Waals surface area contributed by atoms with Gasteiger partial charge in [0.25, 0.3) is 0 Å². The highest BCUT2D eigenvalue weighted by molar-refractivity contribution is 6.31. The summed E-state index contributed by atoms with van der Waals surface area (Å²) in [6.45, 7) is 2.75. The van der Waals surface area contributed by atoms with Crippen molar-refractivity contribution < 1.29 is 4.79 Å². The van der Waals surface area contributed by atoms with E-state index in [4.69, 9.17) is 11.6 Å². The summed E-state index contributed by atoms with van der Waals surface area (Å²) in [7, 11) is 0. The number of nitrogens with zero attached hydrogens (tertiary/aromatic N) is 5. The first-order valence-corrected chi connectivity index (χ1v) is 9.84. The van der Waals surface area contributed by atoms with Gasteiger partial charge in [-0.3, -0.25) is 9.78 Å². The lowest BCUT2D eigenvalue weighted by molar-refractivity contribution is -0.130. The summed E-state index contributed by atoms with van der Waals surface area (Å²) >= 11 is 6.17. The Hall–Kier alpha value is -3.19. The van der Waals surface area contributed by atoms with Gasteiger partial charge < -0.3 is 15.1 Å². The van der Waals surface area contributed by atoms with Crippen LogP contribution in [-0.2, 0) is 11.2 Å². The van der Waals surface area contributed by atoms with Gasteiger partial charge in [0.05, 0.1) is 6.42 Å². The minimum Gasteiger partial charge on any atom is -0.352 e. The molecule has 1 aliphatic rings. The Morgan fingerprint density at radius 2 is 1.72 bits per heavy atom. The molecule has 2 aromatic heterocycles. The van der Waals surface area contributed by atoms with Crippen LogP contribution >= 0.6 is 11.6 Å². The van der Waals surface area contributed by atoms with Crippen LogP contribution in [0.15, 0.2) is 60.9 Å². The summed E-state index contributed by atoms with van der Waals surface area (Å²) < 4.78 is 0. The van der Waals surface area contributed by atoms with Gasteiger partial charge in [-0.1, -0.05) is 29.8 Å². The first-order chi connectivity index (χ1) is 14.2. The SMILES string of the molecule is O=C(Cc1ccccc1Cl)N1CCN(c2ccc(Nc3ccncc3)nn2)CC1. The highest BCUT2D eigenvalue weighted by atomic mass is 35.5. The van der Waals surface area contributed by atoms with E-state index in [1.807, 2.05) is 53.4 Å². The zero-order valence-corrected chi connectivity index (χ0v) is 16.6. The fourth-order valence-corrected chi connectivity index (χ4v) is 3.45. The third-order valence-electron chi connectivity index (χ3n) is 4.86. The molecule has 1 N–H and O–H groups in total. The molecule has 0 unspecified atom stereocenters. The van der Waals surface area contributed by atoms with Crippen molar-refractivity contribution in [2.75, 3.05) is 36.4 Å². The van der Waals surface area contributed by atoms with Gasteiger partial charge in [0.15, 0.2) is 11.6 Å². The molecule has 148 valence electrons. The van der Waals surface area contributed by atoms with Crippen molar-refractivity contribution in [2.45, 2.75) is 6.42 Å². The third-order valence-corrected chi connectivity index (χ3v) is 5.23. The monoisotopic (exact) mass is 408 g/mol. The number of hydrogen-bond acceptors (Lipinski definition) is 6. The number of carbonyl (C=O) groups excluding carboxylic acids is 1. The van der Waals surface area contributed by atoms with Crippen molar-refractivity contribution in [1.29, 1.82) is 0 Å². The molecule has 4 rings (SSSR count). The van der Waals surface area contributed by atoms with E-state index in [-0.39, 0.29) is 5.91 Å². The maximum absolute atomic E-state index is 12.6. The fourth-order valence-electron chi connectivity index (χ4n) is 3.25. The number of carbonyl (C=O) groups is 1. The number of halogens is 1. The zero-order chi connectivity index (χ0) is 20.1. The molecule has 0 saturated carbocycles. The molecule has 0 atom stereocenters. The third kappa shape index (κ3) is 4.81. The molecule has 0 bridgehead atoms. The van der Waals surface area contributed by atoms with Crippen LogP contribution in [0.2, 0.25) is 5.02 Å². The number of aromatic nitrogens is 3. The molecule has 3 heterocycles. The zero-order valence-electron chi connectivity index (χ0n) is 15.8. The van der Waals surface area contributed by atoms with Crippen molar-refractivity contribution in [3.05, 3.63) is 71.5 Å². The largest absolute Gasteiger partial charge is 0.352 e. The maximum atomic E-state index is 12.6. The number of anilines is 3. The predicted octanol–water partition coefficient (Wildman–Crippen LogP) is 3.16. The Balaban J connectivity index is 1.31. The van der Waals surface area contributed by atoms with Crippen LogP contribution in [0.1, 0.15) is 5.56 Å². The lowest BCUT2D eigenvalue weighted by Gasteiger charge is -2.35. The standard InChI is InChI=1S/C21H21ClN6O/c22-18-4-2-1-3-16(18)15-21(29)28-13-11-27(12-14-28)20-6-5-19(25-26-20)24-17-7-9-23-10-8-17/h1-10H,11-15H2,(H,23,24,25). The van der Waals surface area contributed by atoms with Crippen LogP contribution in [0.4, 0.5) is 17.3 Å². The normalized spacial score (nSPS) is 14.0. The van der Waals surface area contributed by atoms with E-state index < -0.39 is 0 Å². The average Bonchev–Trinajstić information content (AvgIpc) is 2.77. The quantitative estimate of drug-likeness (QED) is 0.699. The van der Waals surface area contributed by atoms with Crippen LogP contribution in [0.25, 0.3) is 0 Å². The number of benzene rings is 1. The van der Waals surface area contributed by atoms with Crippen LogP contribution in [-0.4, -0.2) is 52.2 Å². The molecule has 1 aromatic carbocycles. The van der Waals surface area contributed by atoms with Gasteiger partial charge in [-0.15, -0.1) is 10.2 Å². The van der Waals surface area contributed by atoms with Crippen molar-refractivity contribution in [3.63, 3.8) is 0 Å². The fraction of sp³-hybridized carbons (Fsp3) is 0.238. The van der Waals surface area contributed by atoms with E-state index in [0.29, 0.717) is 30.4 Å². The van der Waals surface area contributed by atoms with E-state index in [0.717, 1.165) is 30.2 Å². The molecule has 1 aliphatic heterocycles. The first kappa shape index (κ1) is 19.1. The minimum atomic E-state index is 0.0979. The van der Waals surface area contributed by atoms with Gasteiger partial charge in [-0.25, -0.2) is 0 Å². The number of rotatable bonds is 5. The summed E-state index contributed by atoms with van der Waals surface area (Å²) in [5.41, 5.74) is 1.78. The minimum absolute atomic E-state index is 0.0979. The maximum Gasteiger partial charge on any atom is 0.227 e. The van der Waals surface area contributed by atoms with Crippen molar-refractivity contribution >= 4 is 34.8 Å². The van der Waals surface area contributed by atoms with Crippen LogP contribution in [0.3, 0.4) is 0 Å². The van der Waals surface area contributed by atoms with E-state index in [1.54, 1.807) is 12.4 Å². The molecule has 1 saturated heterocycles. The second-order valence-electron chi connectivity index (χ2n) is 6.77. The Labute approximate surface area is 174 Å². The molecule has 3 aromatic rings. The first-order valence-electron chi connectivity index (χ1n) is 9.46. The van der Waals surface area contributed by atoms with Gasteiger partial charge in [-0.2, -0.15) is 0 Å². The molecule has 0 radical (unpaired) electrons. The number of piperazine rings is 1. The molecule has 0 spiro atoms. The summed E-state index contributed by atoms with van der Waals surface area (Å²) in [6, 6.07) is 15.1. The van der Waals surface area contributed by atoms with Gasteiger partial charge in [-0.05, 0) is 35.9 Å². The van der Waals surface area contributed by atoms with Crippen molar-refractivity contribution in [1.82, 2.24) is 20.1 Å². The van der Waals surface area contributed by atoms with Gasteiger partial charge in [0.1, 0.15) is 0 Å². The van der Waals surface area contributed by atoms with Gasteiger partial charge >= 0.3 is 0 Å². The second-order valence-corrected chi connectivity index (χ2v) is 7.18. The molecular weight excluding hydrogens is 388 g/mol. The Morgan fingerprint density at radius 1 is 0.966 bits per heavy atom. The van der Waals surface area contributed by atoms with Crippen LogP contribution in [0.5, 0.6) is 0 Å². The van der Waals surface area contributed by atoms with E-state index >= 15 is 0 Å². The summed E-state index contributed by atoms with van der Waals surface area (Å²) in [5, 5.41) is 12.4. The Morgan fingerprint density at radius 3 is 2.41 bits per heavy atom. The second kappa shape index (κ2) is 8.87. The predicted molar refractivity (Wildman–Crippen MR) is 114 cm³/mol. The van der Waals surface area contributed by atoms with Gasteiger partial charge in [0, 0.05) is 49.3 Å². The molecule has 8 heteroatoms. The number of nitrogens with one attached hydrogen (secondary N) is 1. The molecule has 1 amide bonds. The lowest BCUT2D eigenvalue weighted by atomic mass is 10.1. The van der Waals surface area contributed by atoms with Gasteiger partial charge in [0.2, 0.25) is 5.91 Å². The number of hydrogen-bond donors (Lipinski definition) is 1. The lowest BCUT2D eigenvalue weighted by Crippen LogP contribution is -2.49. The Bertz CT molecular complexity index is 958. The highest BCUT2D eigenvalue weighted by Crippen LogP contribution is 2.19. The van der Waals surface area contributed by atoms with Crippen molar-refractivity contribution in [2.24, 2.45) is 0 Å². The van der Waals surface area contributed by atoms with Crippen LogP contribution < -0.4 is 10.2 Å². The number of pyridine rings is 1. The van der Waals surface area contributed by atoms with E-state index in [9.17, 15) is 4.79 Å².